The van der Waals surface area contributed by atoms with E-state index in [0.29, 0.717) is 0 Å². The number of hydrogen-bond acceptors (Lipinski definition) is 3. The molecule has 2 rings (SSSR count). The Bertz CT molecular complexity index is 383. The van der Waals surface area contributed by atoms with Gasteiger partial charge in [0.15, 0.2) is 0 Å². The topological polar surface area (TPSA) is 32.5 Å². The van der Waals surface area contributed by atoms with Crippen molar-refractivity contribution < 1.29 is 4.39 Å². The van der Waals surface area contributed by atoms with Crippen molar-refractivity contribution in [3.63, 3.8) is 0 Å². The molecule has 1 aliphatic rings. The molecule has 1 heterocycles. The predicted molar refractivity (Wildman–Crippen MR) is 76.4 cm³/mol. The van der Waals surface area contributed by atoms with Crippen molar-refractivity contribution in [2.45, 2.75) is 19.4 Å². The molecule has 0 radical (unpaired) electrons. The van der Waals surface area contributed by atoms with Crippen LogP contribution in [0.5, 0.6) is 0 Å². The average molecular weight is 265 g/mol. The quantitative estimate of drug-likeness (QED) is 0.879. The van der Waals surface area contributed by atoms with E-state index in [-0.39, 0.29) is 5.82 Å². The molecule has 106 valence electrons. The zero-order valence-corrected chi connectivity index (χ0v) is 11.5. The molecule has 1 aromatic rings. The zero-order chi connectivity index (χ0) is 13.5. The molecule has 1 saturated heterocycles. The molecular formula is C15H24FN3. The first-order valence-corrected chi connectivity index (χ1v) is 7.17. The van der Waals surface area contributed by atoms with Gasteiger partial charge in [-0.25, -0.2) is 4.39 Å². The summed E-state index contributed by atoms with van der Waals surface area (Å²) >= 11 is 0. The van der Waals surface area contributed by atoms with Gasteiger partial charge in [-0.1, -0.05) is 12.1 Å². The Hall–Kier alpha value is -0.970. The van der Waals surface area contributed by atoms with E-state index in [1.165, 1.54) is 12.5 Å². The van der Waals surface area contributed by atoms with Gasteiger partial charge in [0.2, 0.25) is 0 Å². The maximum absolute atomic E-state index is 13.2. The summed E-state index contributed by atoms with van der Waals surface area (Å²) in [5.74, 6) is -0.142. The largest absolute Gasteiger partial charge is 0.330 e. The molecule has 0 bridgehead atoms. The summed E-state index contributed by atoms with van der Waals surface area (Å²) in [4.78, 5) is 4.90. The van der Waals surface area contributed by atoms with Crippen LogP contribution in [-0.4, -0.2) is 49.1 Å². The van der Waals surface area contributed by atoms with Crippen molar-refractivity contribution in [1.29, 1.82) is 0 Å². The predicted octanol–water partition coefficient (Wildman–Crippen LogP) is 1.68. The van der Waals surface area contributed by atoms with Crippen LogP contribution >= 0.6 is 0 Å². The first kappa shape index (κ1) is 14.4. The van der Waals surface area contributed by atoms with E-state index in [2.05, 4.69) is 9.80 Å². The Kier molecular flexibility index (Phi) is 5.76. The highest BCUT2D eigenvalue weighted by atomic mass is 19.1. The van der Waals surface area contributed by atoms with Crippen LogP contribution in [0.3, 0.4) is 0 Å². The van der Waals surface area contributed by atoms with Gasteiger partial charge in [0.1, 0.15) is 5.82 Å². The Morgan fingerprint density at radius 2 is 1.89 bits per heavy atom. The third-order valence-corrected chi connectivity index (χ3v) is 3.65. The third kappa shape index (κ3) is 4.90. The fourth-order valence-electron chi connectivity index (χ4n) is 2.61. The summed E-state index contributed by atoms with van der Waals surface area (Å²) in [6.45, 7) is 7.11. The SMILES string of the molecule is NCCCN1CCCN(Cc2cccc(F)c2)CC1. The van der Waals surface area contributed by atoms with Crippen LogP contribution in [0.2, 0.25) is 0 Å². The van der Waals surface area contributed by atoms with Crippen LogP contribution in [0.1, 0.15) is 18.4 Å². The number of nitrogens with two attached hydrogens (primary N) is 1. The van der Waals surface area contributed by atoms with Gasteiger partial charge in [0.05, 0.1) is 0 Å². The standard InChI is InChI=1S/C15H24FN3/c16-15-5-1-4-14(12-15)13-19-9-3-8-18(10-11-19)7-2-6-17/h1,4-5,12H,2-3,6-11,13,17H2. The van der Waals surface area contributed by atoms with E-state index in [1.54, 1.807) is 12.1 Å². The number of nitrogens with zero attached hydrogens (tertiary/aromatic N) is 2. The van der Waals surface area contributed by atoms with Crippen LogP contribution in [0.15, 0.2) is 24.3 Å². The fraction of sp³-hybridized carbons (Fsp3) is 0.600. The van der Waals surface area contributed by atoms with E-state index < -0.39 is 0 Å². The minimum absolute atomic E-state index is 0.142. The second-order valence-corrected chi connectivity index (χ2v) is 5.24. The maximum Gasteiger partial charge on any atom is 0.123 e. The summed E-state index contributed by atoms with van der Waals surface area (Å²) in [5.41, 5.74) is 6.62. The fourth-order valence-corrected chi connectivity index (χ4v) is 2.61. The highest BCUT2D eigenvalue weighted by Gasteiger charge is 2.14. The molecule has 0 atom stereocenters. The van der Waals surface area contributed by atoms with Crippen molar-refractivity contribution in [2.75, 3.05) is 39.3 Å². The van der Waals surface area contributed by atoms with Crippen LogP contribution in [0, 0.1) is 5.82 Å². The van der Waals surface area contributed by atoms with Gasteiger partial charge in [0, 0.05) is 19.6 Å². The lowest BCUT2D eigenvalue weighted by atomic mass is 10.2. The highest BCUT2D eigenvalue weighted by molar-refractivity contribution is 5.16. The number of halogens is 1. The normalized spacial score (nSPS) is 18.4. The van der Waals surface area contributed by atoms with Crippen molar-refractivity contribution >= 4 is 0 Å². The smallest absolute Gasteiger partial charge is 0.123 e. The second-order valence-electron chi connectivity index (χ2n) is 5.24. The molecule has 19 heavy (non-hydrogen) atoms. The summed E-state index contributed by atoms with van der Waals surface area (Å²) in [6, 6.07) is 6.92. The number of benzene rings is 1. The van der Waals surface area contributed by atoms with Crippen molar-refractivity contribution in [3.05, 3.63) is 35.6 Å². The van der Waals surface area contributed by atoms with E-state index in [4.69, 9.17) is 5.73 Å². The van der Waals surface area contributed by atoms with Gasteiger partial charge in [-0.05, 0) is 56.7 Å². The van der Waals surface area contributed by atoms with Gasteiger partial charge in [-0.2, -0.15) is 0 Å². The first-order chi connectivity index (χ1) is 9.28. The van der Waals surface area contributed by atoms with E-state index in [9.17, 15) is 4.39 Å². The lowest BCUT2D eigenvalue weighted by Gasteiger charge is -2.21. The van der Waals surface area contributed by atoms with Gasteiger partial charge >= 0.3 is 0 Å². The lowest BCUT2D eigenvalue weighted by molar-refractivity contribution is 0.250. The Morgan fingerprint density at radius 1 is 1.11 bits per heavy atom. The molecule has 4 heteroatoms. The van der Waals surface area contributed by atoms with Crippen LogP contribution in [0.25, 0.3) is 0 Å². The van der Waals surface area contributed by atoms with Crippen molar-refractivity contribution in [3.8, 4) is 0 Å². The molecule has 2 N–H and O–H groups in total. The van der Waals surface area contributed by atoms with E-state index in [1.807, 2.05) is 6.07 Å². The van der Waals surface area contributed by atoms with Gasteiger partial charge in [-0.3, -0.25) is 4.90 Å². The van der Waals surface area contributed by atoms with E-state index >= 15 is 0 Å². The monoisotopic (exact) mass is 265 g/mol. The molecule has 0 saturated carbocycles. The van der Waals surface area contributed by atoms with Crippen LogP contribution in [0.4, 0.5) is 4.39 Å². The molecule has 1 aliphatic heterocycles. The Labute approximate surface area is 115 Å². The van der Waals surface area contributed by atoms with Gasteiger partial charge in [-0.15, -0.1) is 0 Å². The molecule has 0 spiro atoms. The molecule has 0 amide bonds. The van der Waals surface area contributed by atoms with Crippen molar-refractivity contribution in [1.82, 2.24) is 9.80 Å². The zero-order valence-electron chi connectivity index (χ0n) is 11.5. The Balaban J connectivity index is 1.82. The van der Waals surface area contributed by atoms with Crippen LogP contribution < -0.4 is 5.73 Å². The molecule has 3 nitrogen and oxygen atoms in total. The second kappa shape index (κ2) is 7.58. The molecule has 0 aliphatic carbocycles. The van der Waals surface area contributed by atoms with Crippen molar-refractivity contribution in [2.24, 2.45) is 5.73 Å². The minimum atomic E-state index is -0.142. The third-order valence-electron chi connectivity index (χ3n) is 3.65. The molecule has 0 unspecified atom stereocenters. The summed E-state index contributed by atoms with van der Waals surface area (Å²) in [5, 5.41) is 0. The summed E-state index contributed by atoms with van der Waals surface area (Å²) in [6.07, 6.45) is 2.25. The lowest BCUT2D eigenvalue weighted by Crippen LogP contribution is -2.31. The first-order valence-electron chi connectivity index (χ1n) is 7.17. The maximum atomic E-state index is 13.2. The summed E-state index contributed by atoms with van der Waals surface area (Å²) < 4.78 is 13.2. The molecule has 1 aromatic carbocycles. The van der Waals surface area contributed by atoms with Crippen LogP contribution in [-0.2, 0) is 6.54 Å². The number of rotatable bonds is 5. The molecule has 1 fully saturated rings. The number of hydrogen-bond donors (Lipinski definition) is 1. The molecular weight excluding hydrogens is 241 g/mol. The van der Waals surface area contributed by atoms with E-state index in [0.717, 1.165) is 57.8 Å². The molecule has 0 aromatic heterocycles. The highest BCUT2D eigenvalue weighted by Crippen LogP contribution is 2.10. The average Bonchev–Trinajstić information content (AvgIpc) is 2.62. The minimum Gasteiger partial charge on any atom is -0.330 e. The van der Waals surface area contributed by atoms with Gasteiger partial charge < -0.3 is 10.6 Å². The Morgan fingerprint density at radius 3 is 2.68 bits per heavy atom. The van der Waals surface area contributed by atoms with Gasteiger partial charge in [0.25, 0.3) is 0 Å². The summed E-state index contributed by atoms with van der Waals surface area (Å²) in [7, 11) is 0.